The Labute approximate surface area is 117 Å². The lowest BCUT2D eigenvalue weighted by molar-refractivity contribution is 0.427. The summed E-state index contributed by atoms with van der Waals surface area (Å²) in [4.78, 5) is 8.84. The highest BCUT2D eigenvalue weighted by atomic mass is 15.1. The molecule has 1 aromatic carbocycles. The number of hydrogen-bond acceptors (Lipinski definition) is 3. The normalized spacial score (nSPS) is 15.4. The van der Waals surface area contributed by atoms with Crippen LogP contribution in [0.1, 0.15) is 17.2 Å². The molecule has 3 heterocycles. The molecule has 0 amide bonds. The van der Waals surface area contributed by atoms with Crippen molar-refractivity contribution >= 4 is 10.9 Å². The van der Waals surface area contributed by atoms with E-state index in [1.165, 1.54) is 16.6 Å². The topological polar surface area (TPSA) is 42.7 Å². The van der Waals surface area contributed by atoms with Crippen molar-refractivity contribution in [2.75, 3.05) is 13.1 Å². The molecule has 0 spiro atoms. The Morgan fingerprint density at radius 3 is 2.95 bits per heavy atom. The van der Waals surface area contributed by atoms with Crippen LogP contribution in [0.15, 0.2) is 49.1 Å². The van der Waals surface area contributed by atoms with Gasteiger partial charge in [0.2, 0.25) is 0 Å². The Morgan fingerprint density at radius 1 is 1.20 bits per heavy atom. The molecular formula is C16H16N4. The largest absolute Gasteiger partial charge is 0.330 e. The molecule has 4 heteroatoms. The van der Waals surface area contributed by atoms with Crippen LogP contribution in [0.4, 0.5) is 0 Å². The molecule has 1 aliphatic rings. The highest BCUT2D eigenvalue weighted by Crippen LogP contribution is 2.22. The molecule has 3 aromatic rings. The fraction of sp³-hybridized carbons (Fsp3) is 0.250. The van der Waals surface area contributed by atoms with Crippen LogP contribution >= 0.6 is 0 Å². The lowest BCUT2D eigenvalue weighted by Gasteiger charge is -2.28. The minimum atomic E-state index is 0.598. The van der Waals surface area contributed by atoms with E-state index in [1.54, 1.807) is 0 Å². The van der Waals surface area contributed by atoms with E-state index in [-0.39, 0.29) is 0 Å². The molecule has 0 atom stereocenters. The molecule has 2 aromatic heterocycles. The number of benzene rings is 1. The summed E-state index contributed by atoms with van der Waals surface area (Å²) in [5.74, 6) is 0.598. The van der Waals surface area contributed by atoms with Crippen LogP contribution in [0.2, 0.25) is 0 Å². The van der Waals surface area contributed by atoms with Crippen LogP contribution in [0, 0.1) is 0 Å². The van der Waals surface area contributed by atoms with Gasteiger partial charge in [0.25, 0.3) is 0 Å². The van der Waals surface area contributed by atoms with Crippen molar-refractivity contribution < 1.29 is 0 Å². The molecule has 0 bridgehead atoms. The minimum absolute atomic E-state index is 0.598. The predicted molar refractivity (Wildman–Crippen MR) is 78.7 cm³/mol. The number of rotatable bonds is 3. The molecule has 20 heavy (non-hydrogen) atoms. The lowest BCUT2D eigenvalue weighted by Crippen LogP contribution is -2.40. The predicted octanol–water partition coefficient (Wildman–Crippen LogP) is 2.17. The minimum Gasteiger partial charge on any atom is -0.330 e. The molecule has 0 unspecified atom stereocenters. The first-order valence-electron chi connectivity index (χ1n) is 6.95. The average Bonchev–Trinajstić information content (AvgIpc) is 2.85. The fourth-order valence-corrected chi connectivity index (χ4v) is 2.78. The second-order valence-electron chi connectivity index (χ2n) is 5.29. The van der Waals surface area contributed by atoms with Gasteiger partial charge in [0.15, 0.2) is 0 Å². The third-order valence-corrected chi connectivity index (χ3v) is 4.00. The zero-order valence-electron chi connectivity index (χ0n) is 11.2. The molecule has 0 radical (unpaired) electrons. The number of aromatic nitrogens is 3. The fourth-order valence-electron chi connectivity index (χ4n) is 2.78. The highest BCUT2D eigenvalue weighted by Gasteiger charge is 2.22. The van der Waals surface area contributed by atoms with Crippen molar-refractivity contribution in [1.82, 2.24) is 19.9 Å². The molecule has 4 nitrogen and oxygen atoms in total. The molecule has 1 saturated heterocycles. The monoisotopic (exact) mass is 264 g/mol. The van der Waals surface area contributed by atoms with E-state index >= 15 is 0 Å². The Kier molecular flexibility index (Phi) is 2.74. The van der Waals surface area contributed by atoms with E-state index in [0.29, 0.717) is 5.92 Å². The number of fused-ring (bicyclic) bond motifs is 1. The highest BCUT2D eigenvalue weighted by molar-refractivity contribution is 5.81. The summed E-state index contributed by atoms with van der Waals surface area (Å²) >= 11 is 0. The molecule has 1 aliphatic heterocycles. The van der Waals surface area contributed by atoms with Crippen LogP contribution in [0.5, 0.6) is 0 Å². The van der Waals surface area contributed by atoms with Gasteiger partial charge in [0.1, 0.15) is 0 Å². The van der Waals surface area contributed by atoms with Gasteiger partial charge in [-0.2, -0.15) is 0 Å². The first kappa shape index (κ1) is 11.6. The number of nitrogens with one attached hydrogen (secondary N) is 1. The molecule has 1 N–H and O–H groups in total. The second kappa shape index (κ2) is 4.72. The summed E-state index contributed by atoms with van der Waals surface area (Å²) in [5.41, 5.74) is 3.65. The maximum Gasteiger partial charge on any atom is 0.0951 e. The first-order valence-corrected chi connectivity index (χ1v) is 6.95. The summed E-state index contributed by atoms with van der Waals surface area (Å²) < 4.78 is 2.24. The standard InChI is InChI=1S/C16H16N4/c1-3-12-5-2-6-19-16(12)13(4-1)10-20-11-18-9-15(20)14-7-17-8-14/h1-6,9,11,14,17H,7-8,10H2. The van der Waals surface area contributed by atoms with E-state index in [1.807, 2.05) is 24.8 Å². The molecule has 0 aliphatic carbocycles. The SMILES string of the molecule is c1cnc2c(Cn3cncc3C3CNC3)cccc2c1. The Morgan fingerprint density at radius 2 is 2.10 bits per heavy atom. The summed E-state index contributed by atoms with van der Waals surface area (Å²) in [6.45, 7) is 2.94. The van der Waals surface area contributed by atoms with Crippen molar-refractivity contribution in [2.45, 2.75) is 12.5 Å². The smallest absolute Gasteiger partial charge is 0.0951 e. The van der Waals surface area contributed by atoms with Crippen LogP contribution < -0.4 is 5.32 Å². The van der Waals surface area contributed by atoms with Crippen molar-refractivity contribution in [3.05, 3.63) is 60.3 Å². The van der Waals surface area contributed by atoms with Crippen LogP contribution in [-0.2, 0) is 6.54 Å². The van der Waals surface area contributed by atoms with Crippen molar-refractivity contribution in [2.24, 2.45) is 0 Å². The summed E-state index contributed by atoms with van der Waals surface area (Å²) in [5, 5.41) is 4.51. The third-order valence-electron chi connectivity index (χ3n) is 4.00. The van der Waals surface area contributed by atoms with Crippen molar-refractivity contribution in [3.63, 3.8) is 0 Å². The maximum absolute atomic E-state index is 4.52. The van der Waals surface area contributed by atoms with E-state index in [4.69, 9.17) is 0 Å². The van der Waals surface area contributed by atoms with Crippen LogP contribution in [0.3, 0.4) is 0 Å². The van der Waals surface area contributed by atoms with Gasteiger partial charge in [-0.3, -0.25) is 4.98 Å². The van der Waals surface area contributed by atoms with Crippen LogP contribution in [-0.4, -0.2) is 27.6 Å². The molecule has 1 fully saturated rings. The summed E-state index contributed by atoms with van der Waals surface area (Å²) in [7, 11) is 0. The van der Waals surface area contributed by atoms with Gasteiger partial charge >= 0.3 is 0 Å². The lowest BCUT2D eigenvalue weighted by atomic mass is 9.99. The Balaban J connectivity index is 1.72. The third kappa shape index (κ3) is 1.89. The zero-order chi connectivity index (χ0) is 13.4. The van der Waals surface area contributed by atoms with Gasteiger partial charge in [-0.15, -0.1) is 0 Å². The maximum atomic E-state index is 4.52. The molecule has 100 valence electrons. The van der Waals surface area contributed by atoms with E-state index in [9.17, 15) is 0 Å². The molecule has 4 rings (SSSR count). The van der Waals surface area contributed by atoms with Gasteiger partial charge < -0.3 is 9.88 Å². The Bertz CT molecular complexity index is 738. The van der Waals surface area contributed by atoms with Gasteiger partial charge in [-0.1, -0.05) is 24.3 Å². The van der Waals surface area contributed by atoms with E-state index < -0.39 is 0 Å². The zero-order valence-corrected chi connectivity index (χ0v) is 11.2. The van der Waals surface area contributed by atoms with Gasteiger partial charge in [0, 0.05) is 42.5 Å². The number of hydrogen-bond donors (Lipinski definition) is 1. The van der Waals surface area contributed by atoms with Gasteiger partial charge in [0.05, 0.1) is 18.4 Å². The van der Waals surface area contributed by atoms with E-state index in [2.05, 4.69) is 44.1 Å². The first-order chi connectivity index (χ1) is 9.92. The van der Waals surface area contributed by atoms with E-state index in [0.717, 1.165) is 25.2 Å². The quantitative estimate of drug-likeness (QED) is 0.788. The number of para-hydroxylation sites is 1. The van der Waals surface area contributed by atoms with Crippen LogP contribution in [0.25, 0.3) is 10.9 Å². The second-order valence-corrected chi connectivity index (χ2v) is 5.29. The van der Waals surface area contributed by atoms with Gasteiger partial charge in [-0.05, 0) is 11.6 Å². The average molecular weight is 264 g/mol. The summed E-state index contributed by atoms with van der Waals surface area (Å²) in [6, 6.07) is 10.4. The van der Waals surface area contributed by atoms with Crippen molar-refractivity contribution in [3.8, 4) is 0 Å². The molecular weight excluding hydrogens is 248 g/mol. The van der Waals surface area contributed by atoms with Crippen molar-refractivity contribution in [1.29, 1.82) is 0 Å². The summed E-state index contributed by atoms with van der Waals surface area (Å²) in [6.07, 6.45) is 5.77. The molecule has 0 saturated carbocycles. The number of imidazole rings is 1. The van der Waals surface area contributed by atoms with Gasteiger partial charge in [-0.25, -0.2) is 4.98 Å². The number of nitrogens with zero attached hydrogens (tertiary/aromatic N) is 3. The number of pyridine rings is 1. The Hall–Kier alpha value is -2.20.